The van der Waals surface area contributed by atoms with Crippen LogP contribution in [0.2, 0.25) is 0 Å². The van der Waals surface area contributed by atoms with Gasteiger partial charge in [0.05, 0.1) is 33.4 Å². The van der Waals surface area contributed by atoms with E-state index in [1.54, 1.807) is 23.6 Å². The fraction of sp³-hybridized carbons (Fsp3) is 0.227. The Bertz CT molecular complexity index is 1120. The Labute approximate surface area is 188 Å². The van der Waals surface area contributed by atoms with Crippen molar-refractivity contribution in [2.45, 2.75) is 13.3 Å². The summed E-state index contributed by atoms with van der Waals surface area (Å²) in [5, 5.41) is 7.22. The van der Waals surface area contributed by atoms with E-state index < -0.39 is 5.82 Å². The third kappa shape index (κ3) is 5.33. The maximum Gasteiger partial charge on any atom is 0.230 e. The number of carbonyl (C=O) groups excluding carboxylic acids is 2. The lowest BCUT2D eigenvalue weighted by atomic mass is 10.1. The van der Waals surface area contributed by atoms with Gasteiger partial charge in [-0.25, -0.2) is 9.37 Å². The molecule has 2 amide bonds. The van der Waals surface area contributed by atoms with Crippen LogP contribution < -0.4 is 24.8 Å². The van der Waals surface area contributed by atoms with E-state index in [4.69, 9.17) is 14.2 Å². The van der Waals surface area contributed by atoms with Gasteiger partial charge in [0.2, 0.25) is 17.6 Å². The summed E-state index contributed by atoms with van der Waals surface area (Å²) in [6.07, 6.45) is 0.0470. The average Bonchev–Trinajstić information content (AvgIpc) is 3.20. The van der Waals surface area contributed by atoms with Gasteiger partial charge in [-0.2, -0.15) is 0 Å². The molecule has 3 rings (SSSR count). The number of carbonyl (C=O) groups is 2. The number of aromatic nitrogens is 1. The number of ether oxygens (including phenoxy) is 3. The first-order valence-electron chi connectivity index (χ1n) is 9.46. The van der Waals surface area contributed by atoms with Crippen LogP contribution in [-0.2, 0) is 16.0 Å². The van der Waals surface area contributed by atoms with E-state index in [0.717, 1.165) is 0 Å². The van der Waals surface area contributed by atoms with Gasteiger partial charge in [0, 0.05) is 23.6 Å². The summed E-state index contributed by atoms with van der Waals surface area (Å²) in [5.74, 6) is 0.213. The highest BCUT2D eigenvalue weighted by atomic mass is 32.1. The normalized spacial score (nSPS) is 10.4. The molecule has 0 saturated carbocycles. The van der Waals surface area contributed by atoms with Gasteiger partial charge in [-0.1, -0.05) is 0 Å². The maximum absolute atomic E-state index is 14.4. The molecule has 32 heavy (non-hydrogen) atoms. The van der Waals surface area contributed by atoms with E-state index in [9.17, 15) is 14.0 Å². The number of methoxy groups -OCH3 is 3. The smallest absolute Gasteiger partial charge is 0.230 e. The van der Waals surface area contributed by atoms with Crippen LogP contribution in [0.15, 0.2) is 35.7 Å². The van der Waals surface area contributed by atoms with Crippen LogP contribution in [0.5, 0.6) is 17.2 Å². The Morgan fingerprint density at radius 1 is 1.03 bits per heavy atom. The number of anilines is 2. The molecule has 0 aliphatic rings. The molecule has 0 unspecified atom stereocenters. The van der Waals surface area contributed by atoms with E-state index in [1.807, 2.05) is 0 Å². The highest BCUT2D eigenvalue weighted by molar-refractivity contribution is 7.14. The Balaban J connectivity index is 1.72. The molecule has 0 aliphatic heterocycles. The molecule has 0 radical (unpaired) electrons. The summed E-state index contributed by atoms with van der Waals surface area (Å²) in [7, 11) is 4.50. The Kier molecular flexibility index (Phi) is 7.26. The number of thiazole rings is 1. The van der Waals surface area contributed by atoms with Gasteiger partial charge < -0.3 is 24.8 Å². The number of hydrogen-bond donors (Lipinski definition) is 2. The molecule has 0 fully saturated rings. The van der Waals surface area contributed by atoms with Gasteiger partial charge >= 0.3 is 0 Å². The van der Waals surface area contributed by atoms with Crippen LogP contribution in [0.4, 0.5) is 15.2 Å². The van der Waals surface area contributed by atoms with Crippen molar-refractivity contribution in [1.29, 1.82) is 0 Å². The third-order valence-electron chi connectivity index (χ3n) is 4.41. The van der Waals surface area contributed by atoms with Crippen LogP contribution in [0, 0.1) is 5.82 Å². The van der Waals surface area contributed by atoms with E-state index in [-0.39, 0.29) is 23.8 Å². The number of benzene rings is 2. The fourth-order valence-corrected chi connectivity index (χ4v) is 3.77. The lowest BCUT2D eigenvalue weighted by molar-refractivity contribution is -0.116. The minimum absolute atomic E-state index is 0.0470. The zero-order valence-corrected chi connectivity index (χ0v) is 18.8. The van der Waals surface area contributed by atoms with Crippen LogP contribution in [0.25, 0.3) is 11.3 Å². The lowest BCUT2D eigenvalue weighted by Crippen LogP contribution is -2.14. The van der Waals surface area contributed by atoms with Gasteiger partial charge in [-0.05, 0) is 35.9 Å². The van der Waals surface area contributed by atoms with Crippen LogP contribution >= 0.6 is 11.3 Å². The van der Waals surface area contributed by atoms with Crippen molar-refractivity contribution < 1.29 is 28.2 Å². The molecule has 10 heteroatoms. The zero-order chi connectivity index (χ0) is 23.3. The molecule has 0 saturated heterocycles. The summed E-state index contributed by atoms with van der Waals surface area (Å²) >= 11 is 1.18. The Morgan fingerprint density at radius 3 is 2.28 bits per heavy atom. The highest BCUT2D eigenvalue weighted by Crippen LogP contribution is 2.38. The van der Waals surface area contributed by atoms with Gasteiger partial charge in [0.1, 0.15) is 5.82 Å². The van der Waals surface area contributed by atoms with Crippen molar-refractivity contribution in [2.24, 2.45) is 0 Å². The van der Waals surface area contributed by atoms with Crippen LogP contribution in [0.3, 0.4) is 0 Å². The monoisotopic (exact) mass is 459 g/mol. The van der Waals surface area contributed by atoms with Crippen molar-refractivity contribution >= 4 is 34.0 Å². The second-order valence-electron chi connectivity index (χ2n) is 6.67. The summed E-state index contributed by atoms with van der Waals surface area (Å²) in [6, 6.07) is 7.72. The average molecular weight is 459 g/mol. The summed E-state index contributed by atoms with van der Waals surface area (Å²) in [5.41, 5.74) is 1.66. The number of nitrogens with zero attached hydrogens (tertiary/aromatic N) is 1. The molecule has 0 bridgehead atoms. The predicted octanol–water partition coefficient (Wildman–Crippen LogP) is 4.11. The first-order valence-corrected chi connectivity index (χ1v) is 10.3. The molecule has 168 valence electrons. The maximum atomic E-state index is 14.4. The first kappa shape index (κ1) is 23.0. The molecule has 0 aliphatic carbocycles. The third-order valence-corrected chi connectivity index (χ3v) is 5.16. The number of nitrogens with one attached hydrogen (secondary N) is 2. The molecule has 0 spiro atoms. The quantitative estimate of drug-likeness (QED) is 0.526. The van der Waals surface area contributed by atoms with Gasteiger partial charge in [0.25, 0.3) is 0 Å². The zero-order valence-electron chi connectivity index (χ0n) is 17.9. The summed E-state index contributed by atoms with van der Waals surface area (Å²) in [6.45, 7) is 1.35. The van der Waals surface area contributed by atoms with Gasteiger partial charge in [-0.3, -0.25) is 9.59 Å². The molecule has 2 N–H and O–H groups in total. The fourth-order valence-electron chi connectivity index (χ4n) is 3.05. The molecule has 1 heterocycles. The molecular weight excluding hydrogens is 437 g/mol. The SMILES string of the molecule is COc1cc(CC(=O)Nc2nc(-c3ccc(NC(C)=O)cc3F)cs2)cc(OC)c1OC. The topological polar surface area (TPSA) is 98.8 Å². The second kappa shape index (κ2) is 10.1. The predicted molar refractivity (Wildman–Crippen MR) is 120 cm³/mol. The number of hydrogen-bond acceptors (Lipinski definition) is 7. The summed E-state index contributed by atoms with van der Waals surface area (Å²) < 4.78 is 30.3. The van der Waals surface area contributed by atoms with Crippen molar-refractivity contribution in [3.05, 3.63) is 47.1 Å². The van der Waals surface area contributed by atoms with Crippen molar-refractivity contribution in [2.75, 3.05) is 32.0 Å². The molecule has 0 atom stereocenters. The van der Waals surface area contributed by atoms with Crippen LogP contribution in [0.1, 0.15) is 12.5 Å². The molecular formula is C22H22FN3O5S. The molecule has 1 aromatic heterocycles. The number of halogens is 1. The largest absolute Gasteiger partial charge is 0.493 e. The van der Waals surface area contributed by atoms with Gasteiger partial charge in [0.15, 0.2) is 16.6 Å². The minimum atomic E-state index is -0.531. The van der Waals surface area contributed by atoms with Gasteiger partial charge in [-0.15, -0.1) is 11.3 Å². The minimum Gasteiger partial charge on any atom is -0.493 e. The lowest BCUT2D eigenvalue weighted by Gasteiger charge is -2.13. The van der Waals surface area contributed by atoms with E-state index in [2.05, 4.69) is 15.6 Å². The van der Waals surface area contributed by atoms with E-state index in [1.165, 1.54) is 51.7 Å². The van der Waals surface area contributed by atoms with Crippen molar-refractivity contribution in [1.82, 2.24) is 4.98 Å². The first-order chi connectivity index (χ1) is 15.3. The molecule has 8 nitrogen and oxygen atoms in total. The Morgan fingerprint density at radius 2 is 1.72 bits per heavy atom. The number of amides is 2. The molecule has 3 aromatic rings. The second-order valence-corrected chi connectivity index (χ2v) is 7.53. The highest BCUT2D eigenvalue weighted by Gasteiger charge is 2.16. The van der Waals surface area contributed by atoms with Crippen molar-refractivity contribution in [3.8, 4) is 28.5 Å². The van der Waals surface area contributed by atoms with E-state index >= 15 is 0 Å². The van der Waals surface area contributed by atoms with E-state index in [0.29, 0.717) is 39.3 Å². The molecule has 2 aromatic carbocycles. The van der Waals surface area contributed by atoms with Crippen molar-refractivity contribution in [3.63, 3.8) is 0 Å². The summed E-state index contributed by atoms with van der Waals surface area (Å²) in [4.78, 5) is 27.9. The number of rotatable bonds is 8. The van der Waals surface area contributed by atoms with Crippen LogP contribution in [-0.4, -0.2) is 38.1 Å². The Hall–Kier alpha value is -3.66. The standard InChI is InChI=1S/C22H22FN3O5S/c1-12(27)24-14-5-6-15(16(23)10-14)17-11-32-22(25-17)26-20(28)9-13-7-18(29-2)21(31-4)19(8-13)30-3/h5-8,10-11H,9H2,1-4H3,(H,24,27)(H,25,26,28).